The molecule has 2 aromatic carbocycles. The predicted molar refractivity (Wildman–Crippen MR) is 79.5 cm³/mol. The Kier molecular flexibility index (Phi) is 2.50. The molecular formula is C13H8Br2N2O. The van der Waals surface area contributed by atoms with Crippen LogP contribution >= 0.6 is 31.9 Å². The standard InChI is InChI=1S/C13H8Br2N2O/c14-9-1-5-6-2-10(15)12(17)4-8(6)13(18)7(5)3-11(9)16/h1-4H,16-17H2. The average molecular weight is 368 g/mol. The van der Waals surface area contributed by atoms with Gasteiger partial charge < -0.3 is 11.5 Å². The Morgan fingerprint density at radius 2 is 1.11 bits per heavy atom. The molecule has 5 heteroatoms. The number of fused-ring (bicyclic) bond motifs is 3. The molecule has 0 heterocycles. The van der Waals surface area contributed by atoms with Crippen LogP contribution in [0.15, 0.2) is 33.2 Å². The van der Waals surface area contributed by atoms with Crippen LogP contribution in [0.5, 0.6) is 0 Å². The van der Waals surface area contributed by atoms with Gasteiger partial charge in [0.1, 0.15) is 0 Å². The van der Waals surface area contributed by atoms with Crippen molar-refractivity contribution in [2.45, 2.75) is 0 Å². The number of rotatable bonds is 0. The van der Waals surface area contributed by atoms with Crippen molar-refractivity contribution in [3.63, 3.8) is 0 Å². The molecule has 0 radical (unpaired) electrons. The van der Waals surface area contributed by atoms with Gasteiger partial charge in [-0.05, 0) is 67.3 Å². The smallest absolute Gasteiger partial charge is 0.194 e. The topological polar surface area (TPSA) is 69.1 Å². The van der Waals surface area contributed by atoms with Gasteiger partial charge in [-0.25, -0.2) is 0 Å². The van der Waals surface area contributed by atoms with Crippen molar-refractivity contribution in [2.24, 2.45) is 0 Å². The molecule has 90 valence electrons. The number of ketones is 1. The van der Waals surface area contributed by atoms with E-state index >= 15 is 0 Å². The van der Waals surface area contributed by atoms with Crippen molar-refractivity contribution < 1.29 is 4.79 Å². The van der Waals surface area contributed by atoms with Crippen LogP contribution in [-0.4, -0.2) is 5.78 Å². The molecule has 3 nitrogen and oxygen atoms in total. The molecule has 0 aliphatic heterocycles. The zero-order valence-electron chi connectivity index (χ0n) is 9.13. The first-order chi connectivity index (χ1) is 8.49. The predicted octanol–water partition coefficient (Wildman–Crippen LogP) is 3.59. The molecule has 0 bridgehead atoms. The van der Waals surface area contributed by atoms with Gasteiger partial charge in [0.05, 0.1) is 0 Å². The van der Waals surface area contributed by atoms with E-state index in [1.54, 1.807) is 12.1 Å². The van der Waals surface area contributed by atoms with Crippen molar-refractivity contribution >= 4 is 49.0 Å². The van der Waals surface area contributed by atoms with E-state index in [0.717, 1.165) is 20.1 Å². The Balaban J connectivity index is 2.37. The second kappa shape index (κ2) is 3.83. The van der Waals surface area contributed by atoms with Crippen molar-refractivity contribution in [1.29, 1.82) is 0 Å². The Labute approximate surface area is 120 Å². The lowest BCUT2D eigenvalue weighted by molar-refractivity contribution is 0.104. The number of nitrogens with two attached hydrogens (primary N) is 2. The molecule has 1 aliphatic rings. The quantitative estimate of drug-likeness (QED) is 0.596. The van der Waals surface area contributed by atoms with Gasteiger partial charge in [-0.1, -0.05) is 0 Å². The minimum Gasteiger partial charge on any atom is -0.398 e. The maximum Gasteiger partial charge on any atom is 0.194 e. The lowest BCUT2D eigenvalue weighted by Crippen LogP contribution is -1.98. The Hall–Kier alpha value is -1.33. The van der Waals surface area contributed by atoms with Crippen LogP contribution in [0, 0.1) is 0 Å². The summed E-state index contributed by atoms with van der Waals surface area (Å²) in [7, 11) is 0. The molecule has 4 N–H and O–H groups in total. The number of hydrogen-bond donors (Lipinski definition) is 2. The molecule has 0 atom stereocenters. The third-order valence-corrected chi connectivity index (χ3v) is 4.43. The summed E-state index contributed by atoms with van der Waals surface area (Å²) in [6.45, 7) is 0. The fraction of sp³-hybridized carbons (Fsp3) is 0. The van der Waals surface area contributed by atoms with E-state index in [9.17, 15) is 4.79 Å². The molecule has 2 aromatic rings. The highest BCUT2D eigenvalue weighted by Crippen LogP contribution is 2.42. The Morgan fingerprint density at radius 3 is 1.50 bits per heavy atom. The van der Waals surface area contributed by atoms with Gasteiger partial charge in [0.2, 0.25) is 0 Å². The van der Waals surface area contributed by atoms with E-state index in [4.69, 9.17) is 11.5 Å². The van der Waals surface area contributed by atoms with Crippen molar-refractivity contribution in [3.8, 4) is 11.1 Å². The zero-order chi connectivity index (χ0) is 13.0. The summed E-state index contributed by atoms with van der Waals surface area (Å²) in [4.78, 5) is 12.3. The molecule has 0 fully saturated rings. The fourth-order valence-electron chi connectivity index (χ4n) is 2.15. The number of halogens is 2. The molecule has 3 rings (SSSR count). The minimum absolute atomic E-state index is 0.0293. The maximum atomic E-state index is 12.3. The summed E-state index contributed by atoms with van der Waals surface area (Å²) in [6, 6.07) is 7.14. The van der Waals surface area contributed by atoms with E-state index in [0.29, 0.717) is 22.5 Å². The normalized spacial score (nSPS) is 12.4. The summed E-state index contributed by atoms with van der Waals surface area (Å²) >= 11 is 6.76. The number of anilines is 2. The third kappa shape index (κ3) is 1.51. The molecule has 0 saturated carbocycles. The van der Waals surface area contributed by atoms with E-state index < -0.39 is 0 Å². The highest BCUT2D eigenvalue weighted by atomic mass is 79.9. The molecule has 0 unspecified atom stereocenters. The Morgan fingerprint density at radius 1 is 0.722 bits per heavy atom. The summed E-state index contributed by atoms with van der Waals surface area (Å²) in [6.07, 6.45) is 0. The largest absolute Gasteiger partial charge is 0.398 e. The second-order valence-electron chi connectivity index (χ2n) is 4.17. The first kappa shape index (κ1) is 11.7. The van der Waals surface area contributed by atoms with Crippen LogP contribution in [0.4, 0.5) is 11.4 Å². The van der Waals surface area contributed by atoms with Crippen molar-refractivity contribution in [3.05, 3.63) is 44.3 Å². The first-order valence-electron chi connectivity index (χ1n) is 5.22. The molecule has 1 aliphatic carbocycles. The van der Waals surface area contributed by atoms with Gasteiger partial charge in [0.25, 0.3) is 0 Å². The van der Waals surface area contributed by atoms with Crippen LogP contribution in [0.1, 0.15) is 15.9 Å². The summed E-state index contributed by atoms with van der Waals surface area (Å²) < 4.78 is 1.57. The summed E-state index contributed by atoms with van der Waals surface area (Å²) in [5.74, 6) is -0.0293. The molecule has 0 saturated heterocycles. The molecule has 18 heavy (non-hydrogen) atoms. The van der Waals surface area contributed by atoms with E-state index in [-0.39, 0.29) is 5.78 Å². The zero-order valence-corrected chi connectivity index (χ0v) is 12.3. The van der Waals surface area contributed by atoms with Crippen LogP contribution < -0.4 is 11.5 Å². The highest BCUT2D eigenvalue weighted by molar-refractivity contribution is 9.11. The summed E-state index contributed by atoms with van der Waals surface area (Å²) in [5.41, 5.74) is 15.8. The van der Waals surface area contributed by atoms with Crippen molar-refractivity contribution in [1.82, 2.24) is 0 Å². The van der Waals surface area contributed by atoms with Gasteiger partial charge in [-0.15, -0.1) is 0 Å². The first-order valence-corrected chi connectivity index (χ1v) is 6.80. The van der Waals surface area contributed by atoms with E-state index in [1.807, 2.05) is 12.1 Å². The van der Waals surface area contributed by atoms with E-state index in [1.165, 1.54) is 0 Å². The molecular weight excluding hydrogens is 360 g/mol. The molecule has 0 aromatic heterocycles. The Bertz CT molecular complexity index is 651. The van der Waals surface area contributed by atoms with Gasteiger partial charge >= 0.3 is 0 Å². The number of nitrogen functional groups attached to an aromatic ring is 2. The molecule has 0 amide bonds. The fourth-order valence-corrected chi connectivity index (χ4v) is 2.83. The monoisotopic (exact) mass is 366 g/mol. The third-order valence-electron chi connectivity index (χ3n) is 3.05. The molecule has 0 spiro atoms. The maximum absolute atomic E-state index is 12.3. The number of benzene rings is 2. The lowest BCUT2D eigenvalue weighted by atomic mass is 10.1. The minimum atomic E-state index is -0.0293. The second-order valence-corrected chi connectivity index (χ2v) is 5.88. The van der Waals surface area contributed by atoms with Crippen LogP contribution in [0.2, 0.25) is 0 Å². The van der Waals surface area contributed by atoms with Crippen LogP contribution in [-0.2, 0) is 0 Å². The van der Waals surface area contributed by atoms with E-state index in [2.05, 4.69) is 31.9 Å². The van der Waals surface area contributed by atoms with Crippen LogP contribution in [0.25, 0.3) is 11.1 Å². The number of hydrogen-bond acceptors (Lipinski definition) is 3. The highest BCUT2D eigenvalue weighted by Gasteiger charge is 2.28. The van der Waals surface area contributed by atoms with Gasteiger partial charge in [0.15, 0.2) is 5.78 Å². The van der Waals surface area contributed by atoms with Crippen molar-refractivity contribution in [2.75, 3.05) is 11.5 Å². The number of carbonyl (C=O) groups is 1. The summed E-state index contributed by atoms with van der Waals surface area (Å²) in [5, 5.41) is 0. The van der Waals surface area contributed by atoms with Gasteiger partial charge in [-0.2, -0.15) is 0 Å². The van der Waals surface area contributed by atoms with Crippen LogP contribution in [0.3, 0.4) is 0 Å². The van der Waals surface area contributed by atoms with Gasteiger partial charge in [0, 0.05) is 31.4 Å². The average Bonchev–Trinajstić information content (AvgIpc) is 2.56. The van der Waals surface area contributed by atoms with Gasteiger partial charge in [-0.3, -0.25) is 4.79 Å². The SMILES string of the molecule is Nc1cc2c(cc1Br)-c1cc(Br)c(N)cc1C2=O. The number of carbonyl (C=O) groups excluding carboxylic acids is 1. The lowest BCUT2D eigenvalue weighted by Gasteiger charge is -2.05.